The second-order valence-corrected chi connectivity index (χ2v) is 8.33. The molecule has 3 aromatic carbocycles. The van der Waals surface area contributed by atoms with Crippen LogP contribution in [0.15, 0.2) is 30.3 Å². The molecule has 0 aliphatic rings. The number of anilines is 2. The van der Waals surface area contributed by atoms with E-state index in [1.54, 1.807) is 18.2 Å². The van der Waals surface area contributed by atoms with E-state index < -0.39 is 0 Å². The van der Waals surface area contributed by atoms with E-state index in [4.69, 9.17) is 102 Å². The van der Waals surface area contributed by atoms with Gasteiger partial charge in [0.2, 0.25) is 0 Å². The summed E-state index contributed by atoms with van der Waals surface area (Å²) < 4.78 is 11.5. The summed E-state index contributed by atoms with van der Waals surface area (Å²) in [6, 6.07) is 7.59. The van der Waals surface area contributed by atoms with E-state index in [1.165, 1.54) is 12.1 Å². The van der Waals surface area contributed by atoms with Crippen molar-refractivity contribution in [2.24, 2.45) is 0 Å². The van der Waals surface area contributed by atoms with Gasteiger partial charge in [-0.05, 0) is 24.3 Å². The Kier molecular flexibility index (Phi) is 6.96. The fourth-order valence-electron chi connectivity index (χ4n) is 2.23. The maximum atomic E-state index is 6.42. The van der Waals surface area contributed by atoms with Crippen LogP contribution in [0.1, 0.15) is 0 Å². The zero-order chi connectivity index (χ0) is 21.5. The number of ether oxygens (including phenoxy) is 2. The van der Waals surface area contributed by atoms with E-state index in [1.807, 2.05) is 0 Å². The quantitative estimate of drug-likeness (QED) is 0.328. The summed E-state index contributed by atoms with van der Waals surface area (Å²) in [6.07, 6.45) is 0. The second kappa shape index (κ2) is 8.94. The molecule has 0 unspecified atom stereocenters. The van der Waals surface area contributed by atoms with Crippen molar-refractivity contribution in [2.45, 2.75) is 0 Å². The minimum absolute atomic E-state index is 0.0430. The van der Waals surface area contributed by atoms with E-state index in [-0.39, 0.29) is 69.5 Å². The highest BCUT2D eigenvalue weighted by Gasteiger charge is 2.20. The van der Waals surface area contributed by atoms with Crippen LogP contribution in [-0.4, -0.2) is 0 Å². The van der Waals surface area contributed by atoms with Crippen LogP contribution in [0.3, 0.4) is 0 Å². The second-order valence-electron chi connectivity index (χ2n) is 5.57. The monoisotopic (exact) mass is 530 g/mol. The Morgan fingerprint density at radius 3 is 1.31 bits per heavy atom. The number of hydrogen-bond donors (Lipinski definition) is 2. The zero-order valence-electron chi connectivity index (χ0n) is 14.0. The number of hydrogen-bond acceptors (Lipinski definition) is 4. The van der Waals surface area contributed by atoms with Crippen molar-refractivity contribution < 1.29 is 9.47 Å². The molecule has 0 fully saturated rings. The molecule has 0 radical (unpaired) electrons. The third kappa shape index (κ3) is 4.49. The topological polar surface area (TPSA) is 70.5 Å². The lowest BCUT2D eigenvalue weighted by Gasteiger charge is -2.16. The highest BCUT2D eigenvalue weighted by atomic mass is 35.5. The normalized spacial score (nSPS) is 10.9. The van der Waals surface area contributed by atoms with Gasteiger partial charge < -0.3 is 20.9 Å². The van der Waals surface area contributed by atoms with Gasteiger partial charge in [0.15, 0.2) is 11.5 Å². The number of halogens is 7. The molecule has 0 aliphatic heterocycles. The van der Waals surface area contributed by atoms with Crippen LogP contribution in [-0.2, 0) is 0 Å². The van der Waals surface area contributed by atoms with Gasteiger partial charge in [-0.2, -0.15) is 0 Å². The highest BCUT2D eigenvalue weighted by molar-refractivity contribution is 6.44. The average molecular weight is 533 g/mol. The van der Waals surface area contributed by atoms with Gasteiger partial charge in [0.25, 0.3) is 0 Å². The number of nitrogens with two attached hydrogens (primary N) is 2. The van der Waals surface area contributed by atoms with Crippen LogP contribution < -0.4 is 20.9 Å². The Morgan fingerprint density at radius 2 is 0.931 bits per heavy atom. The number of nitrogen functional groups attached to an aromatic ring is 2. The van der Waals surface area contributed by atoms with Crippen molar-refractivity contribution in [3.05, 3.63) is 65.5 Å². The third-order valence-corrected chi connectivity index (χ3v) is 5.99. The van der Waals surface area contributed by atoms with Crippen molar-refractivity contribution in [3.63, 3.8) is 0 Å². The molecule has 0 aromatic heterocycles. The first-order chi connectivity index (χ1) is 13.6. The summed E-state index contributed by atoms with van der Waals surface area (Å²) in [5.41, 5.74) is 11.9. The minimum Gasteiger partial charge on any atom is -0.452 e. The van der Waals surface area contributed by atoms with Crippen molar-refractivity contribution in [1.29, 1.82) is 0 Å². The summed E-state index contributed by atoms with van der Waals surface area (Å²) in [4.78, 5) is 0. The first kappa shape index (κ1) is 22.6. The van der Waals surface area contributed by atoms with Crippen LogP contribution in [0.25, 0.3) is 0 Å². The van der Waals surface area contributed by atoms with E-state index in [2.05, 4.69) is 0 Å². The zero-order valence-corrected chi connectivity index (χ0v) is 19.3. The smallest absolute Gasteiger partial charge is 0.166 e. The Labute approximate surface area is 201 Å². The number of benzene rings is 3. The summed E-state index contributed by atoms with van der Waals surface area (Å²) in [5, 5.41) is 0.860. The molecule has 152 valence electrons. The van der Waals surface area contributed by atoms with Crippen molar-refractivity contribution in [2.75, 3.05) is 11.5 Å². The molecule has 4 N–H and O–H groups in total. The molecule has 0 aliphatic carbocycles. The Morgan fingerprint density at radius 1 is 0.552 bits per heavy atom. The summed E-state index contributed by atoms with van der Waals surface area (Å²) in [5.74, 6) is 0.537. The molecule has 0 saturated heterocycles. The molecule has 0 heterocycles. The molecular weight excluding hydrogens is 524 g/mol. The predicted molar refractivity (Wildman–Crippen MR) is 123 cm³/mol. The van der Waals surface area contributed by atoms with Gasteiger partial charge in [-0.3, -0.25) is 0 Å². The highest BCUT2D eigenvalue weighted by Crippen LogP contribution is 2.48. The van der Waals surface area contributed by atoms with Gasteiger partial charge in [-0.1, -0.05) is 87.3 Å². The van der Waals surface area contributed by atoms with E-state index in [9.17, 15) is 0 Å². The van der Waals surface area contributed by atoms with Crippen LogP contribution in [0.5, 0.6) is 23.0 Å². The lowest BCUT2D eigenvalue weighted by atomic mass is 10.2. The predicted octanol–water partition coefficient (Wildman–Crippen LogP) is 9.01. The fraction of sp³-hybridized carbons (Fsp3) is 0. The van der Waals surface area contributed by atoms with E-state index in [0.29, 0.717) is 0 Å². The van der Waals surface area contributed by atoms with Crippen LogP contribution in [0.4, 0.5) is 11.4 Å². The summed E-state index contributed by atoms with van der Waals surface area (Å²) in [6.45, 7) is 0. The van der Waals surface area contributed by atoms with Crippen molar-refractivity contribution in [1.82, 2.24) is 0 Å². The number of rotatable bonds is 4. The van der Waals surface area contributed by atoms with Gasteiger partial charge in [-0.25, -0.2) is 0 Å². The van der Waals surface area contributed by atoms with Crippen LogP contribution >= 0.6 is 81.2 Å². The molecule has 0 saturated carbocycles. The minimum atomic E-state index is 0.0430. The Bertz CT molecular complexity index is 1040. The molecule has 0 amide bonds. The van der Waals surface area contributed by atoms with Gasteiger partial charge in [0.05, 0.1) is 31.5 Å². The van der Waals surface area contributed by atoms with Gasteiger partial charge in [0, 0.05) is 0 Å². The first-order valence-corrected chi connectivity index (χ1v) is 10.3. The molecule has 3 aromatic rings. The Balaban J connectivity index is 2.01. The average Bonchev–Trinajstić information content (AvgIpc) is 2.67. The molecule has 29 heavy (non-hydrogen) atoms. The van der Waals surface area contributed by atoms with Gasteiger partial charge in [-0.15, -0.1) is 0 Å². The van der Waals surface area contributed by atoms with E-state index >= 15 is 0 Å². The van der Waals surface area contributed by atoms with E-state index in [0.717, 1.165) is 0 Å². The molecule has 0 atom stereocenters. The van der Waals surface area contributed by atoms with Crippen LogP contribution in [0.2, 0.25) is 35.2 Å². The molecule has 3 rings (SSSR count). The SMILES string of the molecule is Nc1c(Cl)cc(Cl)c(Oc2cccc(Oc3c(Cl)cc(Cl)c(N)c3Cl)c2Cl)c1Cl. The molecule has 0 bridgehead atoms. The van der Waals surface area contributed by atoms with Crippen LogP contribution in [0, 0.1) is 0 Å². The van der Waals surface area contributed by atoms with Crippen molar-refractivity contribution >= 4 is 92.6 Å². The summed E-state index contributed by atoms with van der Waals surface area (Å²) >= 11 is 43.1. The largest absolute Gasteiger partial charge is 0.452 e. The molecule has 11 heteroatoms. The first-order valence-electron chi connectivity index (χ1n) is 7.62. The maximum Gasteiger partial charge on any atom is 0.166 e. The lowest BCUT2D eigenvalue weighted by molar-refractivity contribution is 0.461. The molecule has 4 nitrogen and oxygen atoms in total. The molecular formula is C18H9Cl7N2O2. The third-order valence-electron chi connectivity index (χ3n) is 3.68. The fourth-order valence-corrected chi connectivity index (χ4v) is 4.11. The summed E-state index contributed by atoms with van der Waals surface area (Å²) in [7, 11) is 0. The van der Waals surface area contributed by atoms with Gasteiger partial charge >= 0.3 is 0 Å². The van der Waals surface area contributed by atoms with Gasteiger partial charge in [0.1, 0.15) is 26.6 Å². The maximum absolute atomic E-state index is 6.42. The molecule has 0 spiro atoms. The Hall–Kier alpha value is -1.11. The standard InChI is InChI=1S/C18H9Cl7N2O2/c19-6-4-8(21)17(13(24)15(6)26)28-10-2-1-3-11(12(10)23)29-18-9(22)5-7(20)16(27)14(18)25/h1-5H,26-27H2. The van der Waals surface area contributed by atoms with Crippen molar-refractivity contribution in [3.8, 4) is 23.0 Å². The lowest BCUT2D eigenvalue weighted by Crippen LogP contribution is -1.96.